The van der Waals surface area contributed by atoms with Crippen molar-refractivity contribution in [2.45, 2.75) is 13.3 Å². The monoisotopic (exact) mass is 344 g/mol. The van der Waals surface area contributed by atoms with Gasteiger partial charge in [0.05, 0.1) is 4.47 Å². The molecular formula is C17H13BrO3. The minimum absolute atomic E-state index is 0.226. The SMILES string of the molecule is Cc1cc(Cc2cc3ccccc3oc2=O)cc(Br)c1O. The first-order valence-corrected chi connectivity index (χ1v) is 7.33. The summed E-state index contributed by atoms with van der Waals surface area (Å²) in [5, 5.41) is 10.7. The molecule has 0 aliphatic rings. The second-order valence-corrected chi connectivity index (χ2v) is 5.87. The van der Waals surface area contributed by atoms with Gasteiger partial charge in [-0.3, -0.25) is 0 Å². The molecule has 21 heavy (non-hydrogen) atoms. The number of halogens is 1. The van der Waals surface area contributed by atoms with Crippen LogP contribution in [0.3, 0.4) is 0 Å². The Labute approximate surface area is 130 Å². The molecule has 0 spiro atoms. The van der Waals surface area contributed by atoms with E-state index >= 15 is 0 Å². The van der Waals surface area contributed by atoms with Crippen molar-refractivity contribution in [2.75, 3.05) is 0 Å². The molecule has 0 unspecified atom stereocenters. The van der Waals surface area contributed by atoms with Crippen molar-refractivity contribution in [2.24, 2.45) is 0 Å². The van der Waals surface area contributed by atoms with Gasteiger partial charge in [-0.2, -0.15) is 0 Å². The van der Waals surface area contributed by atoms with Gasteiger partial charge in [0.2, 0.25) is 0 Å². The fourth-order valence-electron chi connectivity index (χ4n) is 2.36. The first-order valence-electron chi connectivity index (χ1n) is 6.54. The third-order valence-electron chi connectivity index (χ3n) is 3.42. The standard InChI is InChI=1S/C17H13BrO3/c1-10-6-11(8-14(18)16(10)19)7-13-9-12-4-2-3-5-15(12)21-17(13)20/h2-6,8-9,19H,7H2,1H3. The second kappa shape index (κ2) is 5.37. The van der Waals surface area contributed by atoms with Gasteiger partial charge in [0.1, 0.15) is 11.3 Å². The van der Waals surface area contributed by atoms with E-state index in [4.69, 9.17) is 4.42 Å². The minimum atomic E-state index is -0.324. The largest absolute Gasteiger partial charge is 0.506 e. The van der Waals surface area contributed by atoms with Gasteiger partial charge in [0.15, 0.2) is 0 Å². The van der Waals surface area contributed by atoms with Crippen LogP contribution in [0.1, 0.15) is 16.7 Å². The molecule has 106 valence electrons. The lowest BCUT2D eigenvalue weighted by atomic mass is 10.0. The molecule has 1 heterocycles. The molecule has 0 radical (unpaired) electrons. The fourth-order valence-corrected chi connectivity index (χ4v) is 2.96. The Morgan fingerprint density at radius 2 is 1.95 bits per heavy atom. The van der Waals surface area contributed by atoms with E-state index < -0.39 is 0 Å². The fraction of sp³-hybridized carbons (Fsp3) is 0.118. The summed E-state index contributed by atoms with van der Waals surface area (Å²) in [5.74, 6) is 0.226. The number of rotatable bonds is 2. The molecule has 3 aromatic rings. The lowest BCUT2D eigenvalue weighted by Gasteiger charge is -2.07. The first-order chi connectivity index (χ1) is 10.0. The Morgan fingerprint density at radius 3 is 2.71 bits per heavy atom. The van der Waals surface area contributed by atoms with E-state index in [0.29, 0.717) is 22.0 Å². The van der Waals surface area contributed by atoms with Crippen LogP contribution in [0, 0.1) is 6.92 Å². The topological polar surface area (TPSA) is 50.4 Å². The predicted octanol–water partition coefficient (Wildman–Crippen LogP) is 4.16. The van der Waals surface area contributed by atoms with Crippen LogP contribution in [0.4, 0.5) is 0 Å². The third-order valence-corrected chi connectivity index (χ3v) is 4.03. The number of aryl methyl sites for hydroxylation is 1. The zero-order valence-corrected chi connectivity index (χ0v) is 13.0. The van der Waals surface area contributed by atoms with Crippen LogP contribution < -0.4 is 5.63 Å². The number of aromatic hydroxyl groups is 1. The number of hydrogen-bond acceptors (Lipinski definition) is 3. The van der Waals surface area contributed by atoms with Crippen LogP contribution in [-0.2, 0) is 6.42 Å². The van der Waals surface area contributed by atoms with Crippen LogP contribution in [0.25, 0.3) is 11.0 Å². The molecule has 0 aliphatic heterocycles. The van der Waals surface area contributed by atoms with E-state index in [1.54, 1.807) is 6.07 Å². The summed E-state index contributed by atoms with van der Waals surface area (Å²) in [7, 11) is 0. The number of phenolic OH excluding ortho intramolecular Hbond substituents is 1. The minimum Gasteiger partial charge on any atom is -0.506 e. The highest BCUT2D eigenvalue weighted by Crippen LogP contribution is 2.29. The van der Waals surface area contributed by atoms with Gasteiger partial charge in [0, 0.05) is 17.4 Å². The lowest BCUT2D eigenvalue weighted by molar-refractivity contribution is 0.467. The van der Waals surface area contributed by atoms with Gasteiger partial charge in [-0.05, 0) is 52.2 Å². The Kier molecular flexibility index (Phi) is 3.55. The molecule has 2 aromatic carbocycles. The maximum atomic E-state index is 12.0. The van der Waals surface area contributed by atoms with E-state index in [9.17, 15) is 9.90 Å². The van der Waals surface area contributed by atoms with E-state index in [1.165, 1.54) is 0 Å². The number of hydrogen-bond donors (Lipinski definition) is 1. The summed E-state index contributed by atoms with van der Waals surface area (Å²) in [6.45, 7) is 1.83. The Morgan fingerprint density at radius 1 is 1.19 bits per heavy atom. The van der Waals surface area contributed by atoms with E-state index in [0.717, 1.165) is 16.5 Å². The number of fused-ring (bicyclic) bond motifs is 1. The lowest BCUT2D eigenvalue weighted by Crippen LogP contribution is -2.07. The van der Waals surface area contributed by atoms with Gasteiger partial charge < -0.3 is 9.52 Å². The maximum absolute atomic E-state index is 12.0. The molecule has 0 bridgehead atoms. The molecule has 0 amide bonds. The molecule has 0 aliphatic carbocycles. The average molecular weight is 345 g/mol. The molecule has 0 saturated carbocycles. The predicted molar refractivity (Wildman–Crippen MR) is 85.8 cm³/mol. The summed E-state index contributed by atoms with van der Waals surface area (Å²) in [5.41, 5.74) is 2.58. The quantitative estimate of drug-likeness (QED) is 0.710. The summed E-state index contributed by atoms with van der Waals surface area (Å²) >= 11 is 3.32. The van der Waals surface area contributed by atoms with Crippen molar-refractivity contribution in [3.63, 3.8) is 0 Å². The first kappa shape index (κ1) is 13.9. The highest BCUT2D eigenvalue weighted by atomic mass is 79.9. The molecule has 3 nitrogen and oxygen atoms in total. The summed E-state index contributed by atoms with van der Waals surface area (Å²) in [6, 6.07) is 13.0. The van der Waals surface area contributed by atoms with Crippen LogP contribution in [0.5, 0.6) is 5.75 Å². The van der Waals surface area contributed by atoms with E-state index in [2.05, 4.69) is 15.9 Å². The van der Waals surface area contributed by atoms with Crippen LogP contribution in [0.2, 0.25) is 0 Å². The zero-order valence-electron chi connectivity index (χ0n) is 11.4. The number of benzene rings is 2. The maximum Gasteiger partial charge on any atom is 0.339 e. The van der Waals surface area contributed by atoms with Gasteiger partial charge in [-0.25, -0.2) is 4.79 Å². The van der Waals surface area contributed by atoms with E-state index in [-0.39, 0.29) is 11.4 Å². The van der Waals surface area contributed by atoms with Gasteiger partial charge >= 0.3 is 5.63 Å². The number of para-hydroxylation sites is 1. The van der Waals surface area contributed by atoms with E-state index in [1.807, 2.05) is 43.3 Å². The third kappa shape index (κ3) is 2.72. The number of phenols is 1. The normalized spacial score (nSPS) is 11.0. The molecular weight excluding hydrogens is 332 g/mol. The Bertz CT molecular complexity index is 858. The van der Waals surface area contributed by atoms with Crippen molar-refractivity contribution >= 4 is 26.9 Å². The highest BCUT2D eigenvalue weighted by molar-refractivity contribution is 9.10. The highest BCUT2D eigenvalue weighted by Gasteiger charge is 2.09. The van der Waals surface area contributed by atoms with Crippen LogP contribution in [-0.4, -0.2) is 5.11 Å². The van der Waals surface area contributed by atoms with Gasteiger partial charge in [0.25, 0.3) is 0 Å². The van der Waals surface area contributed by atoms with Gasteiger partial charge in [-0.15, -0.1) is 0 Å². The molecule has 0 fully saturated rings. The molecule has 0 saturated heterocycles. The molecule has 1 N–H and O–H groups in total. The van der Waals surface area contributed by atoms with Crippen LogP contribution in [0.15, 0.2) is 56.1 Å². The average Bonchev–Trinajstić information content (AvgIpc) is 2.45. The van der Waals surface area contributed by atoms with Crippen molar-refractivity contribution in [1.29, 1.82) is 0 Å². The summed E-state index contributed by atoms with van der Waals surface area (Å²) in [6.07, 6.45) is 0.465. The summed E-state index contributed by atoms with van der Waals surface area (Å²) in [4.78, 5) is 12.0. The van der Waals surface area contributed by atoms with Crippen molar-refractivity contribution in [1.82, 2.24) is 0 Å². The molecule has 1 aromatic heterocycles. The smallest absolute Gasteiger partial charge is 0.339 e. The van der Waals surface area contributed by atoms with Crippen molar-refractivity contribution < 1.29 is 9.52 Å². The van der Waals surface area contributed by atoms with Gasteiger partial charge in [-0.1, -0.05) is 24.3 Å². The molecule has 0 atom stereocenters. The van der Waals surface area contributed by atoms with Crippen LogP contribution >= 0.6 is 15.9 Å². The second-order valence-electron chi connectivity index (χ2n) is 5.02. The Hall–Kier alpha value is -2.07. The van der Waals surface area contributed by atoms with Crippen molar-refractivity contribution in [3.8, 4) is 5.75 Å². The van der Waals surface area contributed by atoms with Crippen molar-refractivity contribution in [3.05, 3.63) is 74.0 Å². The zero-order chi connectivity index (χ0) is 15.0. The molecule has 3 rings (SSSR count). The molecule has 4 heteroatoms. The Balaban J connectivity index is 2.06. The summed E-state index contributed by atoms with van der Waals surface area (Å²) < 4.78 is 5.96.